The minimum absolute atomic E-state index is 0.226. The Labute approximate surface area is 104 Å². The molecule has 5 heteroatoms. The van der Waals surface area contributed by atoms with Crippen molar-refractivity contribution in [3.8, 4) is 0 Å². The molecule has 18 heavy (non-hydrogen) atoms. The third-order valence-corrected chi connectivity index (χ3v) is 2.62. The lowest BCUT2D eigenvalue weighted by Crippen LogP contribution is -2.16. The Balaban J connectivity index is 2.84. The van der Waals surface area contributed by atoms with E-state index in [0.717, 1.165) is 18.9 Å². The smallest absolute Gasteiger partial charge is 0.164 e. The highest BCUT2D eigenvalue weighted by Crippen LogP contribution is 2.35. The van der Waals surface area contributed by atoms with Gasteiger partial charge in [-0.2, -0.15) is 18.1 Å². The van der Waals surface area contributed by atoms with Crippen LogP contribution in [0.25, 0.3) is 0 Å². The minimum Gasteiger partial charge on any atom is -0.164 e. The molecule has 0 aromatic carbocycles. The number of nitrogens with zero attached hydrogens (tertiary/aromatic N) is 1. The molecule has 0 radical (unpaired) electrons. The summed E-state index contributed by atoms with van der Waals surface area (Å²) in [6, 6.07) is -0.474. The first kappa shape index (κ1) is 14.5. The molecule has 0 amide bonds. The zero-order valence-electron chi connectivity index (χ0n) is 10.1. The molecule has 0 saturated carbocycles. The van der Waals surface area contributed by atoms with Gasteiger partial charge in [-0.1, -0.05) is 18.5 Å². The molecule has 1 rings (SSSR count). The van der Waals surface area contributed by atoms with Crippen LogP contribution in [-0.4, -0.2) is 12.2 Å². The van der Waals surface area contributed by atoms with Gasteiger partial charge in [0.05, 0.1) is 11.6 Å². The molecule has 0 aromatic heterocycles. The molecular formula is C13H15F3NO+. The fraction of sp³-hybridized carbons (Fsp3) is 0.462. The number of allylic oxidation sites excluding steroid dienone is 4. The molecule has 1 aliphatic rings. The summed E-state index contributed by atoms with van der Waals surface area (Å²) in [5.74, 6) is 0. The van der Waals surface area contributed by atoms with Crippen LogP contribution in [0.2, 0.25) is 0 Å². The molecule has 1 aliphatic carbocycles. The van der Waals surface area contributed by atoms with Gasteiger partial charge in [0.25, 0.3) is 0 Å². The largest absolute Gasteiger partial charge is 0.434 e. The summed E-state index contributed by atoms with van der Waals surface area (Å²) in [6.07, 6.45) is 0.790. The number of hydrogen-bond acceptors (Lipinski definition) is 2. The van der Waals surface area contributed by atoms with Crippen molar-refractivity contribution in [1.82, 2.24) is 0 Å². The second-order valence-corrected chi connectivity index (χ2v) is 4.29. The zero-order valence-corrected chi connectivity index (χ0v) is 10.1. The standard InChI is InChI=1S/C13H15F3NO/c1-3-4-12(17-18)8-10-5-9(2)6-11(7-10)13(14,15)16/h5-7,12H,2-4,8H2,1H3/q+1. The topological polar surface area (TPSA) is 29.4 Å². The summed E-state index contributed by atoms with van der Waals surface area (Å²) < 4.78 is 37.8. The average molecular weight is 258 g/mol. The van der Waals surface area contributed by atoms with E-state index < -0.39 is 17.8 Å². The van der Waals surface area contributed by atoms with E-state index in [0.29, 0.717) is 17.6 Å². The lowest BCUT2D eigenvalue weighted by molar-refractivity contribution is -0.0896. The van der Waals surface area contributed by atoms with Crippen LogP contribution in [0.1, 0.15) is 26.2 Å². The van der Waals surface area contributed by atoms with Gasteiger partial charge < -0.3 is 0 Å². The van der Waals surface area contributed by atoms with Crippen molar-refractivity contribution in [2.45, 2.75) is 38.4 Å². The molecule has 0 saturated heterocycles. The Morgan fingerprint density at radius 1 is 1.44 bits per heavy atom. The third-order valence-electron chi connectivity index (χ3n) is 2.62. The summed E-state index contributed by atoms with van der Waals surface area (Å²) in [5, 5.41) is 2.94. The van der Waals surface area contributed by atoms with Gasteiger partial charge in [-0.3, -0.25) is 0 Å². The highest BCUT2D eigenvalue weighted by atomic mass is 19.4. The number of halogens is 3. The average Bonchev–Trinajstić information content (AvgIpc) is 2.26. The number of hydrogen-bond donors (Lipinski definition) is 0. The Hall–Kier alpha value is -1.52. The molecular weight excluding hydrogens is 243 g/mol. The van der Waals surface area contributed by atoms with Gasteiger partial charge in [0, 0.05) is 30.6 Å². The third kappa shape index (κ3) is 4.05. The van der Waals surface area contributed by atoms with Crippen LogP contribution >= 0.6 is 0 Å². The maximum Gasteiger partial charge on any atom is 0.434 e. The normalized spacial score (nSPS) is 17.7. The summed E-state index contributed by atoms with van der Waals surface area (Å²) in [5.41, 5.74) is 0.0139. The zero-order chi connectivity index (χ0) is 13.8. The predicted molar refractivity (Wildman–Crippen MR) is 64.8 cm³/mol. The van der Waals surface area contributed by atoms with Crippen molar-refractivity contribution in [1.29, 1.82) is 0 Å². The van der Waals surface area contributed by atoms with Crippen LogP contribution in [0.4, 0.5) is 13.2 Å². The van der Waals surface area contributed by atoms with Crippen molar-refractivity contribution < 1.29 is 13.2 Å². The first-order valence-corrected chi connectivity index (χ1v) is 5.72. The van der Waals surface area contributed by atoms with E-state index in [1.54, 1.807) is 6.08 Å². The van der Waals surface area contributed by atoms with Crippen molar-refractivity contribution >= 4 is 0 Å². The van der Waals surface area contributed by atoms with Gasteiger partial charge in [0.2, 0.25) is 0 Å². The lowest BCUT2D eigenvalue weighted by atomic mass is 9.91. The minimum atomic E-state index is -4.39. The van der Waals surface area contributed by atoms with Crippen LogP contribution in [0.5, 0.6) is 0 Å². The molecule has 0 bridgehead atoms. The maximum atomic E-state index is 12.6. The molecule has 2 nitrogen and oxygen atoms in total. The van der Waals surface area contributed by atoms with Crippen LogP contribution in [-0.2, 0) is 0 Å². The second-order valence-electron chi connectivity index (χ2n) is 4.29. The Bertz CT molecular complexity index is 394. The Kier molecular flexibility index (Phi) is 4.76. The summed E-state index contributed by atoms with van der Waals surface area (Å²) in [4.78, 5) is 10.6. The first-order valence-electron chi connectivity index (χ1n) is 5.72. The molecule has 0 fully saturated rings. The monoisotopic (exact) mass is 258 g/mol. The van der Waals surface area contributed by atoms with E-state index >= 15 is 0 Å². The summed E-state index contributed by atoms with van der Waals surface area (Å²) >= 11 is 0. The van der Waals surface area contributed by atoms with Gasteiger partial charge >= 0.3 is 6.18 Å². The maximum absolute atomic E-state index is 12.6. The second kappa shape index (κ2) is 5.89. The van der Waals surface area contributed by atoms with Crippen molar-refractivity contribution in [2.75, 3.05) is 0 Å². The van der Waals surface area contributed by atoms with Gasteiger partial charge in [0.1, 0.15) is 5.57 Å². The molecule has 0 aromatic rings. The Morgan fingerprint density at radius 2 is 2.11 bits per heavy atom. The Morgan fingerprint density at radius 3 is 2.61 bits per heavy atom. The highest BCUT2D eigenvalue weighted by molar-refractivity contribution is 5.49. The van der Waals surface area contributed by atoms with Crippen LogP contribution in [0, 0.1) is 11.3 Å². The van der Waals surface area contributed by atoms with E-state index in [4.69, 9.17) is 0 Å². The van der Waals surface area contributed by atoms with Crippen LogP contribution < -0.4 is 0 Å². The quantitative estimate of drug-likeness (QED) is 0.527. The van der Waals surface area contributed by atoms with Gasteiger partial charge in [0.15, 0.2) is 0 Å². The van der Waals surface area contributed by atoms with Crippen molar-refractivity contribution in [3.05, 3.63) is 46.8 Å². The molecule has 0 spiro atoms. The predicted octanol–water partition coefficient (Wildman–Crippen LogP) is 4.50. The van der Waals surface area contributed by atoms with Crippen molar-refractivity contribution in [2.24, 2.45) is 5.18 Å². The molecule has 0 aliphatic heterocycles. The molecule has 98 valence electrons. The van der Waals surface area contributed by atoms with Crippen molar-refractivity contribution in [3.63, 3.8) is 0 Å². The molecule has 0 heterocycles. The molecule has 1 unspecified atom stereocenters. The first-order chi connectivity index (χ1) is 8.36. The number of alkyl halides is 3. The summed E-state index contributed by atoms with van der Waals surface area (Å²) in [6.45, 7) is 5.43. The van der Waals surface area contributed by atoms with Crippen LogP contribution in [0.3, 0.4) is 0 Å². The fourth-order valence-electron chi connectivity index (χ4n) is 1.84. The number of rotatable bonds is 5. The van der Waals surface area contributed by atoms with E-state index in [1.807, 2.05) is 6.92 Å². The fourth-order valence-corrected chi connectivity index (χ4v) is 1.84. The van der Waals surface area contributed by atoms with E-state index in [2.05, 4.69) is 11.8 Å². The highest BCUT2D eigenvalue weighted by Gasteiger charge is 2.39. The van der Waals surface area contributed by atoms with E-state index in [-0.39, 0.29) is 6.42 Å². The lowest BCUT2D eigenvalue weighted by Gasteiger charge is -2.13. The van der Waals surface area contributed by atoms with Gasteiger partial charge in [-0.15, -0.1) is 0 Å². The van der Waals surface area contributed by atoms with Gasteiger partial charge in [-0.25, -0.2) is 0 Å². The van der Waals surface area contributed by atoms with E-state index in [1.165, 1.54) is 0 Å². The summed E-state index contributed by atoms with van der Waals surface area (Å²) in [7, 11) is 0. The molecule has 0 N–H and O–H groups in total. The SMILES string of the molecule is C=C1C=C(CC(CCC)N=O)C=C(C(F)(F)F)[CH+]1. The molecule has 1 atom stereocenters. The number of nitroso groups, excluding NO2 is 1. The van der Waals surface area contributed by atoms with Crippen LogP contribution in [0.15, 0.2) is 40.6 Å². The van der Waals surface area contributed by atoms with Gasteiger partial charge in [-0.05, 0) is 13.0 Å². The van der Waals surface area contributed by atoms with E-state index in [9.17, 15) is 18.1 Å².